The number of hydrogen-bond donors (Lipinski definition) is 1. The Kier molecular flexibility index (Phi) is 1.74. The first-order valence-electron chi connectivity index (χ1n) is 6.25. The minimum Gasteiger partial charge on any atom is -0.399 e. The highest BCUT2D eigenvalue weighted by atomic mass is 19.1. The standard InChI is InChI=1S/C13H14F2N2O/c1-6-12-13(18-6)3-2-10(13)17(12)11-8(14)4-7(16)5-9(11)15/h4-6,10,12H,2-3,16H2,1H3/t6-,10?,12?,13?/m1/s1. The molecule has 18 heavy (non-hydrogen) atoms. The zero-order valence-electron chi connectivity index (χ0n) is 9.99. The van der Waals surface area contributed by atoms with E-state index in [1.807, 2.05) is 11.8 Å². The Morgan fingerprint density at radius 3 is 2.56 bits per heavy atom. The first kappa shape index (κ1) is 10.6. The highest BCUT2D eigenvalue weighted by Gasteiger charge is 2.76. The topological polar surface area (TPSA) is 38.5 Å². The van der Waals surface area contributed by atoms with Gasteiger partial charge in [0.25, 0.3) is 0 Å². The molecule has 2 heterocycles. The number of ether oxygens (including phenoxy) is 1. The summed E-state index contributed by atoms with van der Waals surface area (Å²) in [6.07, 6.45) is 1.98. The number of benzene rings is 1. The van der Waals surface area contributed by atoms with E-state index < -0.39 is 11.6 Å². The molecular weight excluding hydrogens is 238 g/mol. The third-order valence-corrected chi connectivity index (χ3v) is 4.66. The van der Waals surface area contributed by atoms with E-state index in [1.54, 1.807) is 0 Å². The molecule has 1 saturated carbocycles. The summed E-state index contributed by atoms with van der Waals surface area (Å²) in [7, 11) is 0. The monoisotopic (exact) mass is 252 g/mol. The molecule has 5 heteroatoms. The average molecular weight is 252 g/mol. The average Bonchev–Trinajstić information content (AvgIpc) is 2.21. The number of piperidine rings is 1. The predicted octanol–water partition coefficient (Wildman–Crippen LogP) is 2.06. The van der Waals surface area contributed by atoms with Crippen LogP contribution in [0.2, 0.25) is 0 Å². The summed E-state index contributed by atoms with van der Waals surface area (Å²) in [6.45, 7) is 1.95. The summed E-state index contributed by atoms with van der Waals surface area (Å²) in [5, 5.41) is 0. The summed E-state index contributed by atoms with van der Waals surface area (Å²) in [4.78, 5) is 1.85. The van der Waals surface area contributed by atoms with Gasteiger partial charge in [0, 0.05) is 5.69 Å². The molecule has 3 fully saturated rings. The van der Waals surface area contributed by atoms with Gasteiger partial charge < -0.3 is 15.4 Å². The predicted molar refractivity (Wildman–Crippen MR) is 63.3 cm³/mol. The van der Waals surface area contributed by atoms with Crippen molar-refractivity contribution in [3.8, 4) is 0 Å². The fraction of sp³-hybridized carbons (Fsp3) is 0.538. The first-order chi connectivity index (χ1) is 8.54. The fourth-order valence-electron chi connectivity index (χ4n) is 3.92. The van der Waals surface area contributed by atoms with Crippen molar-refractivity contribution in [2.75, 3.05) is 10.6 Å². The molecule has 1 spiro atoms. The van der Waals surface area contributed by atoms with Crippen LogP contribution in [0.1, 0.15) is 19.8 Å². The lowest BCUT2D eigenvalue weighted by Crippen LogP contribution is -2.92. The number of anilines is 2. The SMILES string of the molecule is C[C@H]1OC23CCC2N(c2c(F)cc(N)cc2F)C13. The quantitative estimate of drug-likeness (QED) is 0.777. The minimum absolute atomic E-state index is 0.0397. The highest BCUT2D eigenvalue weighted by Crippen LogP contribution is 2.63. The largest absolute Gasteiger partial charge is 0.399 e. The Morgan fingerprint density at radius 2 is 2.06 bits per heavy atom. The number of nitrogens with zero attached hydrogens (tertiary/aromatic N) is 1. The number of rotatable bonds is 1. The van der Waals surface area contributed by atoms with Gasteiger partial charge in [-0.2, -0.15) is 0 Å². The molecule has 0 bridgehead atoms. The maximum Gasteiger partial charge on any atom is 0.151 e. The van der Waals surface area contributed by atoms with Crippen molar-refractivity contribution in [3.05, 3.63) is 23.8 Å². The van der Waals surface area contributed by atoms with Crippen LogP contribution in [0.4, 0.5) is 20.2 Å². The number of nitrogen functional groups attached to an aromatic ring is 1. The molecule has 1 aliphatic carbocycles. The van der Waals surface area contributed by atoms with Gasteiger partial charge in [0.05, 0.1) is 18.2 Å². The van der Waals surface area contributed by atoms with Crippen LogP contribution in [0.15, 0.2) is 12.1 Å². The van der Waals surface area contributed by atoms with E-state index in [2.05, 4.69) is 0 Å². The molecule has 3 aliphatic rings. The third kappa shape index (κ3) is 0.947. The summed E-state index contributed by atoms with van der Waals surface area (Å²) in [6, 6.07) is 2.61. The molecule has 4 rings (SSSR count). The molecule has 1 aromatic carbocycles. The van der Waals surface area contributed by atoms with Crippen LogP contribution < -0.4 is 10.6 Å². The molecule has 96 valence electrons. The zero-order valence-corrected chi connectivity index (χ0v) is 9.99. The second-order valence-corrected chi connectivity index (χ2v) is 5.52. The molecule has 0 aromatic heterocycles. The molecule has 2 aliphatic heterocycles. The summed E-state index contributed by atoms with van der Waals surface area (Å²) < 4.78 is 33.7. The van der Waals surface area contributed by atoms with Gasteiger partial charge in [-0.15, -0.1) is 0 Å². The summed E-state index contributed by atoms with van der Waals surface area (Å²) >= 11 is 0. The zero-order chi connectivity index (χ0) is 12.7. The van der Waals surface area contributed by atoms with Crippen molar-refractivity contribution < 1.29 is 13.5 Å². The van der Waals surface area contributed by atoms with Crippen LogP contribution in [-0.4, -0.2) is 23.8 Å². The number of nitrogens with two attached hydrogens (primary N) is 1. The Bertz CT molecular complexity index is 527. The number of hydrogen-bond acceptors (Lipinski definition) is 3. The maximum atomic E-state index is 14.0. The van der Waals surface area contributed by atoms with Gasteiger partial charge in [0.15, 0.2) is 11.6 Å². The van der Waals surface area contributed by atoms with E-state index in [-0.39, 0.29) is 35.2 Å². The lowest BCUT2D eigenvalue weighted by atomic mass is 9.55. The van der Waals surface area contributed by atoms with Crippen molar-refractivity contribution in [2.45, 2.75) is 43.6 Å². The highest BCUT2D eigenvalue weighted by molar-refractivity contribution is 5.63. The normalized spacial score (nSPS) is 40.2. The molecule has 2 saturated heterocycles. The molecule has 2 N–H and O–H groups in total. The van der Waals surface area contributed by atoms with E-state index in [0.717, 1.165) is 12.8 Å². The Hall–Kier alpha value is -1.36. The molecule has 4 atom stereocenters. The van der Waals surface area contributed by atoms with E-state index in [0.29, 0.717) is 0 Å². The van der Waals surface area contributed by atoms with Gasteiger partial charge in [-0.3, -0.25) is 0 Å². The van der Waals surface area contributed by atoms with Crippen LogP contribution in [0.3, 0.4) is 0 Å². The summed E-state index contributed by atoms with van der Waals surface area (Å²) in [5.74, 6) is -1.15. The van der Waals surface area contributed by atoms with Crippen molar-refractivity contribution in [3.63, 3.8) is 0 Å². The van der Waals surface area contributed by atoms with Gasteiger partial charge >= 0.3 is 0 Å². The fourth-order valence-corrected chi connectivity index (χ4v) is 3.92. The van der Waals surface area contributed by atoms with E-state index >= 15 is 0 Å². The number of halogens is 2. The molecular formula is C13H14F2N2O. The second-order valence-electron chi connectivity index (χ2n) is 5.52. The lowest BCUT2D eigenvalue weighted by Gasteiger charge is -2.78. The van der Waals surface area contributed by atoms with Crippen molar-refractivity contribution >= 4 is 11.4 Å². The Morgan fingerprint density at radius 1 is 1.39 bits per heavy atom. The van der Waals surface area contributed by atoms with Crippen molar-refractivity contribution in [1.29, 1.82) is 0 Å². The Balaban J connectivity index is 1.77. The second kappa shape index (κ2) is 2.96. The van der Waals surface area contributed by atoms with Crippen LogP contribution in [-0.2, 0) is 4.74 Å². The smallest absolute Gasteiger partial charge is 0.151 e. The van der Waals surface area contributed by atoms with Crippen molar-refractivity contribution in [1.82, 2.24) is 0 Å². The molecule has 0 radical (unpaired) electrons. The van der Waals surface area contributed by atoms with Crippen LogP contribution in [0, 0.1) is 11.6 Å². The van der Waals surface area contributed by atoms with Gasteiger partial charge in [0.2, 0.25) is 0 Å². The molecule has 3 unspecified atom stereocenters. The van der Waals surface area contributed by atoms with Crippen LogP contribution >= 0.6 is 0 Å². The van der Waals surface area contributed by atoms with Crippen LogP contribution in [0.5, 0.6) is 0 Å². The third-order valence-electron chi connectivity index (χ3n) is 4.66. The minimum atomic E-state index is -0.577. The summed E-state index contributed by atoms with van der Waals surface area (Å²) in [5.41, 5.74) is 5.51. The van der Waals surface area contributed by atoms with Crippen molar-refractivity contribution in [2.24, 2.45) is 0 Å². The van der Waals surface area contributed by atoms with Gasteiger partial charge in [0.1, 0.15) is 11.3 Å². The van der Waals surface area contributed by atoms with E-state index in [4.69, 9.17) is 10.5 Å². The van der Waals surface area contributed by atoms with Gasteiger partial charge in [-0.25, -0.2) is 8.78 Å². The van der Waals surface area contributed by atoms with Crippen LogP contribution in [0.25, 0.3) is 0 Å². The molecule has 0 amide bonds. The molecule has 3 nitrogen and oxygen atoms in total. The van der Waals surface area contributed by atoms with E-state index in [9.17, 15) is 8.78 Å². The Labute approximate surface area is 104 Å². The van der Waals surface area contributed by atoms with E-state index in [1.165, 1.54) is 12.1 Å². The number of morpholine rings is 1. The molecule has 1 aromatic rings. The lowest BCUT2D eigenvalue weighted by molar-refractivity contribution is -0.314. The maximum absolute atomic E-state index is 14.0. The first-order valence-corrected chi connectivity index (χ1v) is 6.25. The van der Waals surface area contributed by atoms with Gasteiger partial charge in [-0.05, 0) is 31.9 Å². The van der Waals surface area contributed by atoms with Gasteiger partial charge in [-0.1, -0.05) is 0 Å².